The Balaban J connectivity index is 1.81. The highest BCUT2D eigenvalue weighted by Crippen LogP contribution is 2.41. The molecule has 126 valence electrons. The molecule has 2 atom stereocenters. The Morgan fingerprint density at radius 1 is 1.12 bits per heavy atom. The molecule has 1 aromatic carbocycles. The second kappa shape index (κ2) is 6.29. The predicted octanol–water partition coefficient (Wildman–Crippen LogP) is 3.74. The van der Waals surface area contributed by atoms with Gasteiger partial charge in [-0.1, -0.05) is 6.07 Å². The molecule has 1 aliphatic rings. The molecule has 3 aromatic rings. The lowest BCUT2D eigenvalue weighted by Gasteiger charge is -2.27. The van der Waals surface area contributed by atoms with Crippen molar-refractivity contribution in [2.24, 2.45) is 7.05 Å². The zero-order valence-corrected chi connectivity index (χ0v) is 14.4. The maximum absolute atomic E-state index is 13.4. The van der Waals surface area contributed by atoms with Gasteiger partial charge in [-0.15, -0.1) is 0 Å². The molecule has 4 rings (SSSR count). The summed E-state index contributed by atoms with van der Waals surface area (Å²) in [6.07, 6.45) is 5.87. The maximum Gasteiger partial charge on any atom is 0.174 e. The van der Waals surface area contributed by atoms with Gasteiger partial charge in [0, 0.05) is 31.3 Å². The summed E-state index contributed by atoms with van der Waals surface area (Å²) in [5.41, 5.74) is 2.89. The van der Waals surface area contributed by atoms with Crippen molar-refractivity contribution < 1.29 is 4.39 Å². The Morgan fingerprint density at radius 3 is 2.56 bits per heavy atom. The van der Waals surface area contributed by atoms with Crippen molar-refractivity contribution in [2.45, 2.75) is 12.1 Å². The second-order valence-corrected chi connectivity index (χ2v) is 6.47. The third-order valence-corrected chi connectivity index (χ3v) is 4.71. The van der Waals surface area contributed by atoms with Crippen LogP contribution in [-0.2, 0) is 7.05 Å². The highest BCUT2D eigenvalue weighted by atomic mass is 32.1. The van der Waals surface area contributed by atoms with Gasteiger partial charge < -0.3 is 14.8 Å². The van der Waals surface area contributed by atoms with E-state index in [9.17, 15) is 4.39 Å². The zero-order valence-electron chi connectivity index (χ0n) is 13.6. The Hall–Kier alpha value is -2.73. The summed E-state index contributed by atoms with van der Waals surface area (Å²) < 4.78 is 15.4. The molecule has 4 nitrogen and oxygen atoms in total. The van der Waals surface area contributed by atoms with Crippen LogP contribution in [0.1, 0.15) is 23.3 Å². The summed E-state index contributed by atoms with van der Waals surface area (Å²) in [7, 11) is 1.99. The number of halogens is 1. The number of benzene rings is 1. The Bertz CT molecular complexity index is 891. The first-order valence-electron chi connectivity index (χ1n) is 8.01. The van der Waals surface area contributed by atoms with E-state index in [-0.39, 0.29) is 17.9 Å². The van der Waals surface area contributed by atoms with E-state index in [2.05, 4.69) is 22.6 Å². The highest BCUT2D eigenvalue weighted by molar-refractivity contribution is 7.80. The smallest absolute Gasteiger partial charge is 0.174 e. The van der Waals surface area contributed by atoms with Crippen LogP contribution in [0.2, 0.25) is 0 Å². The van der Waals surface area contributed by atoms with E-state index < -0.39 is 0 Å². The number of aromatic nitrogens is 2. The number of thiocarbonyl (C=S) groups is 1. The van der Waals surface area contributed by atoms with Gasteiger partial charge in [0.1, 0.15) is 5.82 Å². The van der Waals surface area contributed by atoms with Gasteiger partial charge in [-0.05, 0) is 60.2 Å². The van der Waals surface area contributed by atoms with E-state index >= 15 is 0 Å². The summed E-state index contributed by atoms with van der Waals surface area (Å²) in [6, 6.07) is 14.2. The van der Waals surface area contributed by atoms with E-state index in [1.807, 2.05) is 40.9 Å². The SMILES string of the molecule is Cn1ccc([C@@H]2[C@@H](c3ccccn3)NC(=S)N2c2ccc(F)cc2)c1. The summed E-state index contributed by atoms with van der Waals surface area (Å²) in [5, 5.41) is 3.99. The lowest BCUT2D eigenvalue weighted by atomic mass is 9.98. The van der Waals surface area contributed by atoms with Gasteiger partial charge in [0.2, 0.25) is 0 Å². The standard InChI is InChI=1S/C19H17FN4S/c1-23-11-9-13(12-23)18-17(16-4-2-3-10-21-16)22-19(25)24(18)15-7-5-14(20)6-8-15/h2-12,17-18H,1H3,(H,22,25)/t17-,18-/m1/s1. The minimum absolute atomic E-state index is 0.0611. The number of hydrogen-bond donors (Lipinski definition) is 1. The van der Waals surface area contributed by atoms with E-state index in [4.69, 9.17) is 12.2 Å². The second-order valence-electron chi connectivity index (χ2n) is 6.08. The molecular weight excluding hydrogens is 335 g/mol. The molecule has 1 fully saturated rings. The first-order valence-corrected chi connectivity index (χ1v) is 8.42. The highest BCUT2D eigenvalue weighted by Gasteiger charge is 2.40. The van der Waals surface area contributed by atoms with E-state index in [0.717, 1.165) is 16.9 Å². The molecule has 0 bridgehead atoms. The zero-order chi connectivity index (χ0) is 17.4. The number of nitrogens with one attached hydrogen (secondary N) is 1. The normalized spacial score (nSPS) is 19.9. The van der Waals surface area contributed by atoms with Gasteiger partial charge in [0.05, 0.1) is 17.8 Å². The van der Waals surface area contributed by atoms with Gasteiger partial charge in [0.25, 0.3) is 0 Å². The Kier molecular flexibility index (Phi) is 3.97. The Morgan fingerprint density at radius 2 is 1.92 bits per heavy atom. The van der Waals surface area contributed by atoms with Crippen molar-refractivity contribution in [3.8, 4) is 0 Å². The molecule has 1 saturated heterocycles. The summed E-state index contributed by atoms with van der Waals surface area (Å²) in [6.45, 7) is 0. The van der Waals surface area contributed by atoms with Gasteiger partial charge in [-0.25, -0.2) is 4.39 Å². The van der Waals surface area contributed by atoms with Crippen molar-refractivity contribution in [1.82, 2.24) is 14.9 Å². The van der Waals surface area contributed by atoms with Crippen LogP contribution in [0.5, 0.6) is 0 Å². The van der Waals surface area contributed by atoms with E-state index in [0.29, 0.717) is 5.11 Å². The molecule has 0 radical (unpaired) electrons. The molecular formula is C19H17FN4S. The number of aryl methyl sites for hydroxylation is 1. The average Bonchev–Trinajstić information content (AvgIpc) is 3.20. The van der Waals surface area contributed by atoms with Crippen LogP contribution in [0.15, 0.2) is 67.1 Å². The fraction of sp³-hybridized carbons (Fsp3) is 0.158. The summed E-state index contributed by atoms with van der Waals surface area (Å²) in [5.74, 6) is -0.264. The molecule has 1 aliphatic heterocycles. The minimum Gasteiger partial charge on any atom is -0.357 e. The number of rotatable bonds is 3. The van der Waals surface area contributed by atoms with Gasteiger partial charge in [-0.2, -0.15) is 0 Å². The number of anilines is 1. The molecule has 0 aliphatic carbocycles. The Labute approximate surface area is 150 Å². The van der Waals surface area contributed by atoms with E-state index in [1.165, 1.54) is 12.1 Å². The molecule has 0 amide bonds. The largest absolute Gasteiger partial charge is 0.357 e. The maximum atomic E-state index is 13.4. The van der Waals surface area contributed by atoms with Crippen molar-refractivity contribution in [2.75, 3.05) is 4.90 Å². The monoisotopic (exact) mass is 352 g/mol. The van der Waals surface area contributed by atoms with Crippen molar-refractivity contribution in [3.05, 3.63) is 84.2 Å². The first kappa shape index (κ1) is 15.8. The molecule has 6 heteroatoms. The van der Waals surface area contributed by atoms with E-state index in [1.54, 1.807) is 18.3 Å². The van der Waals surface area contributed by atoms with Crippen molar-refractivity contribution in [1.29, 1.82) is 0 Å². The molecule has 0 spiro atoms. The fourth-order valence-electron chi connectivity index (χ4n) is 3.27. The van der Waals surface area contributed by atoms with Gasteiger partial charge in [-0.3, -0.25) is 4.98 Å². The van der Waals surface area contributed by atoms with Crippen LogP contribution in [0.25, 0.3) is 0 Å². The molecule has 2 aromatic heterocycles. The van der Waals surface area contributed by atoms with Crippen molar-refractivity contribution in [3.63, 3.8) is 0 Å². The minimum atomic E-state index is -0.264. The van der Waals surface area contributed by atoms with Crippen LogP contribution >= 0.6 is 12.2 Å². The van der Waals surface area contributed by atoms with Crippen LogP contribution in [0.3, 0.4) is 0 Å². The van der Waals surface area contributed by atoms with Gasteiger partial charge >= 0.3 is 0 Å². The quantitative estimate of drug-likeness (QED) is 0.728. The fourth-order valence-corrected chi connectivity index (χ4v) is 3.62. The lowest BCUT2D eigenvalue weighted by molar-refractivity contribution is 0.567. The lowest BCUT2D eigenvalue weighted by Crippen LogP contribution is -2.29. The molecule has 0 saturated carbocycles. The predicted molar refractivity (Wildman–Crippen MR) is 99.7 cm³/mol. The topological polar surface area (TPSA) is 33.1 Å². The number of pyridine rings is 1. The average molecular weight is 352 g/mol. The third-order valence-electron chi connectivity index (χ3n) is 4.40. The summed E-state index contributed by atoms with van der Waals surface area (Å²) in [4.78, 5) is 6.54. The van der Waals surface area contributed by atoms with Crippen LogP contribution in [0.4, 0.5) is 10.1 Å². The van der Waals surface area contributed by atoms with Gasteiger partial charge in [0.15, 0.2) is 5.11 Å². The van der Waals surface area contributed by atoms with Crippen molar-refractivity contribution >= 4 is 23.0 Å². The van der Waals surface area contributed by atoms with Crippen LogP contribution < -0.4 is 10.2 Å². The molecule has 3 heterocycles. The molecule has 25 heavy (non-hydrogen) atoms. The van der Waals surface area contributed by atoms with Crippen LogP contribution in [0, 0.1) is 5.82 Å². The molecule has 1 N–H and O–H groups in total. The first-order chi connectivity index (χ1) is 12.1. The third kappa shape index (κ3) is 2.89. The van der Waals surface area contributed by atoms with Crippen LogP contribution in [-0.4, -0.2) is 14.7 Å². The number of hydrogen-bond acceptors (Lipinski definition) is 2. The number of nitrogens with zero attached hydrogens (tertiary/aromatic N) is 3. The summed E-state index contributed by atoms with van der Waals surface area (Å²) >= 11 is 5.60. The molecule has 0 unspecified atom stereocenters.